The molecule has 0 bridgehead atoms. The first-order chi connectivity index (χ1) is 7.83. The van der Waals surface area contributed by atoms with Gasteiger partial charge < -0.3 is 5.32 Å². The van der Waals surface area contributed by atoms with Crippen LogP contribution in [0.5, 0.6) is 0 Å². The zero-order valence-corrected chi connectivity index (χ0v) is 12.6. The number of rotatable bonds is 5. The zero-order valence-electron chi connectivity index (χ0n) is 11.0. The number of hydrogen-bond donors (Lipinski definition) is 1. The van der Waals surface area contributed by atoms with Crippen molar-refractivity contribution in [1.82, 2.24) is 5.32 Å². The summed E-state index contributed by atoms with van der Waals surface area (Å²) >= 11 is 3.15. The van der Waals surface area contributed by atoms with Crippen LogP contribution in [-0.4, -0.2) is 6.54 Å². The molecule has 1 rings (SSSR count). The molecule has 0 saturated heterocycles. The van der Waals surface area contributed by atoms with E-state index in [0.717, 1.165) is 12.1 Å². The minimum Gasteiger partial charge on any atom is -0.312 e. The van der Waals surface area contributed by atoms with Gasteiger partial charge in [-0.2, -0.15) is 0 Å². The molecular weight excluding hydrogens is 281 g/mol. The molecule has 0 unspecified atom stereocenters. The second kappa shape index (κ2) is 5.96. The molecule has 1 aromatic rings. The van der Waals surface area contributed by atoms with Crippen molar-refractivity contribution in [3.63, 3.8) is 0 Å². The third-order valence-electron chi connectivity index (χ3n) is 3.46. The second-order valence-corrected chi connectivity index (χ2v) is 6.35. The first kappa shape index (κ1) is 14.7. The van der Waals surface area contributed by atoms with Crippen LogP contribution < -0.4 is 5.32 Å². The van der Waals surface area contributed by atoms with E-state index in [1.54, 1.807) is 12.1 Å². The van der Waals surface area contributed by atoms with Crippen molar-refractivity contribution in [1.29, 1.82) is 0 Å². The highest BCUT2D eigenvalue weighted by molar-refractivity contribution is 9.10. The maximum absolute atomic E-state index is 13.3. The zero-order chi connectivity index (χ0) is 13.1. The molecule has 0 heterocycles. The molecule has 0 aromatic heterocycles. The van der Waals surface area contributed by atoms with Crippen molar-refractivity contribution in [2.24, 2.45) is 11.3 Å². The average molecular weight is 302 g/mol. The molecule has 0 radical (unpaired) electrons. The van der Waals surface area contributed by atoms with E-state index >= 15 is 0 Å². The van der Waals surface area contributed by atoms with Gasteiger partial charge >= 0.3 is 0 Å². The number of halogens is 2. The molecule has 0 fully saturated rings. The Morgan fingerprint density at radius 1 is 1.35 bits per heavy atom. The van der Waals surface area contributed by atoms with Crippen molar-refractivity contribution in [3.8, 4) is 0 Å². The lowest BCUT2D eigenvalue weighted by molar-refractivity contribution is 0.238. The van der Waals surface area contributed by atoms with Gasteiger partial charge in [0.15, 0.2) is 0 Å². The van der Waals surface area contributed by atoms with Gasteiger partial charge in [-0.15, -0.1) is 0 Å². The number of hydrogen-bond acceptors (Lipinski definition) is 1. The van der Waals surface area contributed by atoms with E-state index in [0.29, 0.717) is 16.9 Å². The quantitative estimate of drug-likeness (QED) is 0.852. The molecule has 0 spiro atoms. The lowest BCUT2D eigenvalue weighted by Gasteiger charge is -2.29. The minimum atomic E-state index is -0.201. The van der Waals surface area contributed by atoms with Crippen LogP contribution in [0.15, 0.2) is 22.7 Å². The van der Waals surface area contributed by atoms with Crippen LogP contribution in [0.4, 0.5) is 4.39 Å². The molecular formula is C14H21BrFN. The van der Waals surface area contributed by atoms with E-state index in [9.17, 15) is 4.39 Å². The van der Waals surface area contributed by atoms with Crippen LogP contribution >= 0.6 is 15.9 Å². The molecule has 0 saturated carbocycles. The maximum Gasteiger partial charge on any atom is 0.137 e. The van der Waals surface area contributed by atoms with Gasteiger partial charge in [-0.1, -0.05) is 33.8 Å². The van der Waals surface area contributed by atoms with E-state index in [4.69, 9.17) is 0 Å². The number of benzene rings is 1. The largest absolute Gasteiger partial charge is 0.312 e. The summed E-state index contributed by atoms with van der Waals surface area (Å²) in [6.45, 7) is 10.6. The summed E-state index contributed by atoms with van der Waals surface area (Å²) in [6, 6.07) is 5.25. The minimum absolute atomic E-state index is 0.201. The SMILES string of the molecule is CC(C)C(C)(C)CNCc1ccc(Br)c(F)c1. The third kappa shape index (κ3) is 4.40. The van der Waals surface area contributed by atoms with Crippen molar-refractivity contribution >= 4 is 15.9 Å². The van der Waals surface area contributed by atoms with E-state index in [2.05, 4.69) is 48.9 Å². The molecule has 17 heavy (non-hydrogen) atoms. The Hall–Kier alpha value is -0.410. The lowest BCUT2D eigenvalue weighted by Crippen LogP contribution is -2.33. The van der Waals surface area contributed by atoms with Gasteiger partial charge in [0.1, 0.15) is 5.82 Å². The van der Waals surface area contributed by atoms with Crippen LogP contribution in [0.2, 0.25) is 0 Å². The molecule has 0 atom stereocenters. The van der Waals surface area contributed by atoms with Crippen molar-refractivity contribution < 1.29 is 4.39 Å². The van der Waals surface area contributed by atoms with E-state index < -0.39 is 0 Å². The van der Waals surface area contributed by atoms with Gasteiger partial charge in [0.05, 0.1) is 4.47 Å². The van der Waals surface area contributed by atoms with Gasteiger partial charge in [-0.05, 0) is 45.0 Å². The molecule has 0 aliphatic carbocycles. The summed E-state index contributed by atoms with van der Waals surface area (Å²) in [7, 11) is 0. The van der Waals surface area contributed by atoms with E-state index in [-0.39, 0.29) is 11.2 Å². The van der Waals surface area contributed by atoms with Crippen LogP contribution in [0.25, 0.3) is 0 Å². The molecule has 1 aromatic carbocycles. The Labute approximate surface area is 112 Å². The summed E-state index contributed by atoms with van der Waals surface area (Å²) < 4.78 is 13.8. The topological polar surface area (TPSA) is 12.0 Å². The van der Waals surface area contributed by atoms with Crippen LogP contribution in [-0.2, 0) is 6.54 Å². The summed E-state index contributed by atoms with van der Waals surface area (Å²) in [5.41, 5.74) is 1.23. The van der Waals surface area contributed by atoms with Gasteiger partial charge in [0.25, 0.3) is 0 Å². The summed E-state index contributed by atoms with van der Waals surface area (Å²) in [5, 5.41) is 3.39. The summed E-state index contributed by atoms with van der Waals surface area (Å²) in [4.78, 5) is 0. The predicted octanol–water partition coefficient (Wildman–Crippen LogP) is 4.36. The summed E-state index contributed by atoms with van der Waals surface area (Å²) in [6.07, 6.45) is 0. The van der Waals surface area contributed by atoms with Gasteiger partial charge in [-0.3, -0.25) is 0 Å². The molecule has 1 N–H and O–H groups in total. The Morgan fingerprint density at radius 2 is 2.00 bits per heavy atom. The highest BCUT2D eigenvalue weighted by Crippen LogP contribution is 2.24. The van der Waals surface area contributed by atoms with Crippen molar-refractivity contribution in [2.75, 3.05) is 6.54 Å². The molecule has 1 nitrogen and oxygen atoms in total. The molecule has 3 heteroatoms. The van der Waals surface area contributed by atoms with E-state index in [1.165, 1.54) is 0 Å². The fourth-order valence-corrected chi connectivity index (χ4v) is 1.63. The molecule has 0 amide bonds. The first-order valence-electron chi connectivity index (χ1n) is 5.97. The average Bonchev–Trinajstić information content (AvgIpc) is 2.23. The predicted molar refractivity (Wildman–Crippen MR) is 74.4 cm³/mol. The number of nitrogens with one attached hydrogen (secondary N) is 1. The maximum atomic E-state index is 13.3. The summed E-state index contributed by atoms with van der Waals surface area (Å²) in [5.74, 6) is 0.420. The highest BCUT2D eigenvalue weighted by Gasteiger charge is 2.21. The van der Waals surface area contributed by atoms with Crippen LogP contribution in [0, 0.1) is 17.2 Å². The van der Waals surface area contributed by atoms with Crippen LogP contribution in [0.3, 0.4) is 0 Å². The highest BCUT2D eigenvalue weighted by atomic mass is 79.9. The van der Waals surface area contributed by atoms with Gasteiger partial charge in [-0.25, -0.2) is 4.39 Å². The smallest absolute Gasteiger partial charge is 0.137 e. The van der Waals surface area contributed by atoms with Crippen molar-refractivity contribution in [2.45, 2.75) is 34.2 Å². The molecule has 96 valence electrons. The lowest BCUT2D eigenvalue weighted by atomic mass is 9.81. The van der Waals surface area contributed by atoms with E-state index in [1.807, 2.05) is 6.07 Å². The third-order valence-corrected chi connectivity index (χ3v) is 4.10. The first-order valence-corrected chi connectivity index (χ1v) is 6.77. The van der Waals surface area contributed by atoms with Crippen LogP contribution in [0.1, 0.15) is 33.3 Å². The fourth-order valence-electron chi connectivity index (χ4n) is 1.38. The Balaban J connectivity index is 2.49. The Bertz CT molecular complexity index is 374. The van der Waals surface area contributed by atoms with Crippen molar-refractivity contribution in [3.05, 3.63) is 34.1 Å². The Kier molecular flexibility index (Phi) is 5.14. The normalized spacial score (nSPS) is 12.2. The molecule has 0 aliphatic rings. The molecule has 0 aliphatic heterocycles. The van der Waals surface area contributed by atoms with Gasteiger partial charge in [0, 0.05) is 13.1 Å². The Morgan fingerprint density at radius 3 is 2.53 bits per heavy atom. The van der Waals surface area contributed by atoms with Gasteiger partial charge in [0.2, 0.25) is 0 Å². The second-order valence-electron chi connectivity index (χ2n) is 5.50. The fraction of sp³-hybridized carbons (Fsp3) is 0.571. The monoisotopic (exact) mass is 301 g/mol. The standard InChI is InChI=1S/C14H21BrFN/c1-10(2)14(3,4)9-17-8-11-5-6-12(15)13(16)7-11/h5-7,10,17H,8-9H2,1-4H3.